The van der Waals surface area contributed by atoms with Gasteiger partial charge in [-0.3, -0.25) is 4.90 Å². The van der Waals surface area contributed by atoms with Crippen molar-refractivity contribution in [1.29, 1.82) is 0 Å². The molecular weight excluding hydrogens is 276 g/mol. The summed E-state index contributed by atoms with van der Waals surface area (Å²) >= 11 is 3.51. The molecule has 0 spiro atoms. The highest BCUT2D eigenvalue weighted by Gasteiger charge is 2.20. The fourth-order valence-corrected chi connectivity index (χ4v) is 2.78. The summed E-state index contributed by atoms with van der Waals surface area (Å²) in [5.74, 6) is 0. The Bertz CT molecular complexity index is 331. The quantitative estimate of drug-likeness (QED) is 0.918. The van der Waals surface area contributed by atoms with Crippen LogP contribution in [0.2, 0.25) is 0 Å². The third kappa shape index (κ3) is 3.54. The van der Waals surface area contributed by atoms with Crippen LogP contribution in [0.15, 0.2) is 28.7 Å². The van der Waals surface area contributed by atoms with Gasteiger partial charge in [0.2, 0.25) is 0 Å². The fourth-order valence-electron chi connectivity index (χ4n) is 2.51. The van der Waals surface area contributed by atoms with E-state index in [1.165, 1.54) is 31.5 Å². The van der Waals surface area contributed by atoms with Crippen LogP contribution in [0.25, 0.3) is 0 Å². The monoisotopic (exact) mass is 296 g/mol. The zero-order chi connectivity index (χ0) is 12.1. The molecule has 0 amide bonds. The summed E-state index contributed by atoms with van der Waals surface area (Å²) in [6.07, 6.45) is 2.49. The number of hydrogen-bond acceptors (Lipinski definition) is 2. The van der Waals surface area contributed by atoms with Gasteiger partial charge in [-0.05, 0) is 24.1 Å². The average molecular weight is 297 g/mol. The van der Waals surface area contributed by atoms with Crippen LogP contribution in [0.5, 0.6) is 0 Å². The molecule has 1 atom stereocenters. The van der Waals surface area contributed by atoms with Crippen molar-refractivity contribution in [3.8, 4) is 0 Å². The topological polar surface area (TPSA) is 15.3 Å². The molecule has 0 bridgehead atoms. The molecule has 3 heteroatoms. The molecule has 1 saturated heterocycles. The Morgan fingerprint density at radius 1 is 1.24 bits per heavy atom. The second-order valence-electron chi connectivity index (χ2n) is 4.64. The molecule has 1 aliphatic heterocycles. The molecule has 1 aromatic rings. The van der Waals surface area contributed by atoms with Crippen LogP contribution in [-0.2, 0) is 0 Å². The van der Waals surface area contributed by atoms with Crippen LogP contribution in [0.4, 0.5) is 0 Å². The maximum absolute atomic E-state index is 3.51. The van der Waals surface area contributed by atoms with Gasteiger partial charge in [0, 0.05) is 36.7 Å². The minimum absolute atomic E-state index is 0.593. The third-order valence-corrected chi connectivity index (χ3v) is 3.94. The summed E-state index contributed by atoms with van der Waals surface area (Å²) in [6, 6.07) is 9.41. The lowest BCUT2D eigenvalue weighted by Gasteiger charge is -2.35. The minimum Gasteiger partial charge on any atom is -0.314 e. The van der Waals surface area contributed by atoms with Crippen molar-refractivity contribution in [2.75, 3.05) is 26.2 Å². The summed E-state index contributed by atoms with van der Waals surface area (Å²) in [5, 5.41) is 3.42. The highest BCUT2D eigenvalue weighted by Crippen LogP contribution is 2.27. The number of benzene rings is 1. The average Bonchev–Trinajstić information content (AvgIpc) is 2.38. The zero-order valence-electron chi connectivity index (χ0n) is 10.5. The maximum Gasteiger partial charge on any atom is 0.0349 e. The first-order valence-electron chi connectivity index (χ1n) is 6.51. The molecule has 1 N–H and O–H groups in total. The van der Waals surface area contributed by atoms with Gasteiger partial charge in [-0.2, -0.15) is 0 Å². The number of nitrogens with one attached hydrogen (secondary N) is 1. The van der Waals surface area contributed by atoms with Crippen molar-refractivity contribution in [2.45, 2.75) is 25.8 Å². The van der Waals surface area contributed by atoms with E-state index < -0.39 is 0 Å². The van der Waals surface area contributed by atoms with Gasteiger partial charge in [0.25, 0.3) is 0 Å². The molecule has 0 aromatic heterocycles. The summed E-state index contributed by atoms with van der Waals surface area (Å²) < 4.78 is 1.16. The molecule has 0 unspecified atom stereocenters. The number of rotatable bonds is 4. The molecule has 94 valence electrons. The van der Waals surface area contributed by atoms with Gasteiger partial charge in [0.05, 0.1) is 0 Å². The molecular formula is C14H21BrN2. The van der Waals surface area contributed by atoms with E-state index in [0.717, 1.165) is 17.6 Å². The van der Waals surface area contributed by atoms with Crippen LogP contribution in [0, 0.1) is 0 Å². The van der Waals surface area contributed by atoms with Gasteiger partial charge < -0.3 is 5.32 Å². The van der Waals surface area contributed by atoms with E-state index in [4.69, 9.17) is 0 Å². The van der Waals surface area contributed by atoms with Gasteiger partial charge in [-0.15, -0.1) is 0 Å². The second-order valence-corrected chi connectivity index (χ2v) is 5.56. The lowest BCUT2D eigenvalue weighted by Crippen LogP contribution is -2.45. The first-order valence-corrected chi connectivity index (χ1v) is 7.31. The lowest BCUT2D eigenvalue weighted by atomic mass is 10.00. The highest BCUT2D eigenvalue weighted by molar-refractivity contribution is 9.10. The van der Waals surface area contributed by atoms with E-state index >= 15 is 0 Å². The van der Waals surface area contributed by atoms with Crippen molar-refractivity contribution in [2.24, 2.45) is 0 Å². The Morgan fingerprint density at radius 3 is 2.47 bits per heavy atom. The van der Waals surface area contributed by atoms with Crippen LogP contribution < -0.4 is 5.32 Å². The van der Waals surface area contributed by atoms with Crippen LogP contribution in [0.1, 0.15) is 31.4 Å². The molecule has 1 heterocycles. The first kappa shape index (κ1) is 13.1. The van der Waals surface area contributed by atoms with E-state index in [0.29, 0.717) is 6.04 Å². The largest absolute Gasteiger partial charge is 0.314 e. The van der Waals surface area contributed by atoms with E-state index in [2.05, 4.69) is 57.3 Å². The molecule has 1 aliphatic rings. The van der Waals surface area contributed by atoms with Crippen molar-refractivity contribution < 1.29 is 0 Å². The van der Waals surface area contributed by atoms with Gasteiger partial charge >= 0.3 is 0 Å². The Balaban J connectivity index is 2.12. The van der Waals surface area contributed by atoms with E-state index in [1.807, 2.05) is 0 Å². The normalized spacial score (nSPS) is 19.2. The van der Waals surface area contributed by atoms with Gasteiger partial charge in [-0.1, -0.05) is 41.4 Å². The number of piperazine rings is 1. The third-order valence-electron chi connectivity index (χ3n) is 3.41. The Morgan fingerprint density at radius 2 is 1.88 bits per heavy atom. The smallest absolute Gasteiger partial charge is 0.0349 e. The van der Waals surface area contributed by atoms with E-state index in [9.17, 15) is 0 Å². The molecule has 1 aromatic carbocycles. The molecule has 17 heavy (non-hydrogen) atoms. The van der Waals surface area contributed by atoms with Crippen LogP contribution in [-0.4, -0.2) is 31.1 Å². The van der Waals surface area contributed by atoms with Gasteiger partial charge in [0.15, 0.2) is 0 Å². The summed E-state index contributed by atoms with van der Waals surface area (Å²) in [4.78, 5) is 2.61. The molecule has 2 rings (SSSR count). The first-order chi connectivity index (χ1) is 8.31. The highest BCUT2D eigenvalue weighted by atomic mass is 79.9. The van der Waals surface area contributed by atoms with Crippen LogP contribution >= 0.6 is 15.9 Å². The van der Waals surface area contributed by atoms with Crippen LogP contribution in [0.3, 0.4) is 0 Å². The summed E-state index contributed by atoms with van der Waals surface area (Å²) in [5.41, 5.74) is 1.46. The van der Waals surface area contributed by atoms with Gasteiger partial charge in [0.1, 0.15) is 0 Å². The van der Waals surface area contributed by atoms with E-state index in [1.54, 1.807) is 0 Å². The predicted octanol–water partition coefficient (Wildman–Crippen LogP) is 3.20. The number of halogens is 1. The molecule has 0 saturated carbocycles. The lowest BCUT2D eigenvalue weighted by molar-refractivity contribution is 0.164. The maximum atomic E-state index is 3.51. The van der Waals surface area contributed by atoms with Crippen molar-refractivity contribution in [1.82, 2.24) is 10.2 Å². The predicted molar refractivity (Wildman–Crippen MR) is 76.2 cm³/mol. The molecule has 2 nitrogen and oxygen atoms in total. The Labute approximate surface area is 113 Å². The van der Waals surface area contributed by atoms with Crippen molar-refractivity contribution in [3.05, 3.63) is 34.3 Å². The van der Waals surface area contributed by atoms with Crippen molar-refractivity contribution in [3.63, 3.8) is 0 Å². The van der Waals surface area contributed by atoms with Gasteiger partial charge in [-0.25, -0.2) is 0 Å². The molecule has 0 aliphatic carbocycles. The second kappa shape index (κ2) is 6.53. The fraction of sp³-hybridized carbons (Fsp3) is 0.571. The Hall–Kier alpha value is -0.380. The summed E-state index contributed by atoms with van der Waals surface area (Å²) in [7, 11) is 0. The molecule has 0 radical (unpaired) electrons. The SMILES string of the molecule is CCC[C@@H](c1ccc(Br)cc1)N1CCNCC1. The number of nitrogens with zero attached hydrogens (tertiary/aromatic N) is 1. The number of hydrogen-bond donors (Lipinski definition) is 1. The zero-order valence-corrected chi connectivity index (χ0v) is 12.0. The molecule has 1 fully saturated rings. The summed E-state index contributed by atoms with van der Waals surface area (Å²) in [6.45, 7) is 6.85. The Kier molecular flexibility index (Phi) is 5.01. The minimum atomic E-state index is 0.593. The van der Waals surface area contributed by atoms with Crippen molar-refractivity contribution >= 4 is 15.9 Å². The van der Waals surface area contributed by atoms with E-state index in [-0.39, 0.29) is 0 Å². The standard InChI is InChI=1S/C14H21BrN2/c1-2-3-14(17-10-8-16-9-11-17)12-4-6-13(15)7-5-12/h4-7,14,16H,2-3,8-11H2,1H3/t14-/m0/s1.